The van der Waals surface area contributed by atoms with Crippen molar-refractivity contribution >= 4 is 63.7 Å². The second kappa shape index (κ2) is 22.1. The molecule has 0 unspecified atom stereocenters. The Bertz CT molecular complexity index is 77.2. The molecule has 0 saturated heterocycles. The van der Waals surface area contributed by atoms with Crippen molar-refractivity contribution in [2.75, 3.05) is 17.3 Å². The van der Waals surface area contributed by atoms with Gasteiger partial charge in [-0.05, 0) is 0 Å². The van der Waals surface area contributed by atoms with Gasteiger partial charge in [0.15, 0.2) is 0 Å². The van der Waals surface area contributed by atoms with Crippen molar-refractivity contribution in [2.45, 2.75) is 41.5 Å². The molecule has 0 aromatic carbocycles. The molecule has 4 heteroatoms. The minimum Gasteiger partial charge on any atom is -0.792 e. The zero-order valence-corrected chi connectivity index (χ0v) is 17.4. The summed E-state index contributed by atoms with van der Waals surface area (Å²) >= 11 is 14.0. The Balaban J connectivity index is -0.0000000655. The van der Waals surface area contributed by atoms with E-state index >= 15 is 0 Å². The summed E-state index contributed by atoms with van der Waals surface area (Å²) in [5.41, 5.74) is 0. The molecule has 0 fully saturated rings. The van der Waals surface area contributed by atoms with Crippen LogP contribution >= 0.6 is 0 Å². The molecule has 0 rings (SSSR count). The Kier molecular flexibility index (Phi) is 36.6. The maximum Gasteiger partial charge on any atom is 3.00 e. The molecule has 0 heterocycles. The van der Waals surface area contributed by atoms with Gasteiger partial charge >= 0.3 is 25.8 Å². The van der Waals surface area contributed by atoms with E-state index in [9.17, 15) is 0 Å². The summed E-state index contributed by atoms with van der Waals surface area (Å²) in [7, 11) is 0. The van der Waals surface area contributed by atoms with Crippen LogP contribution in [0.3, 0.4) is 0 Å². The summed E-state index contributed by atoms with van der Waals surface area (Å²) in [5, 5.41) is 0. The van der Waals surface area contributed by atoms with E-state index in [1.54, 1.807) is 0 Å². The summed E-state index contributed by atoms with van der Waals surface area (Å²) in [6, 6.07) is 0. The molecule has 16 heavy (non-hydrogen) atoms. The Morgan fingerprint density at radius 2 is 0.625 bits per heavy atom. The average molecular weight is 382 g/mol. The Hall–Kier alpha value is 1.92. The average Bonchev–Trinajstić information content (AvgIpc) is 2.19. The molecule has 0 aromatic heterocycles. The van der Waals surface area contributed by atoms with E-state index in [0.29, 0.717) is 17.8 Å². The fourth-order valence-corrected chi connectivity index (χ4v) is 0. The largest absolute Gasteiger partial charge is 3.00 e. The fraction of sp³-hybridized carbons (Fsp3) is 1.00. The van der Waals surface area contributed by atoms with Crippen molar-refractivity contribution in [3.63, 3.8) is 0 Å². The van der Waals surface area contributed by atoms with E-state index in [-0.39, 0.29) is 25.8 Å². The second-order valence-corrected chi connectivity index (χ2v) is 5.68. The van der Waals surface area contributed by atoms with Crippen LogP contribution in [0.1, 0.15) is 41.5 Å². The Morgan fingerprint density at radius 3 is 0.625 bits per heavy atom. The molecule has 0 N–H and O–H groups in total. The molecule has 0 spiro atoms. The van der Waals surface area contributed by atoms with Crippen LogP contribution in [0.15, 0.2) is 0 Å². The van der Waals surface area contributed by atoms with E-state index < -0.39 is 0 Å². The van der Waals surface area contributed by atoms with Crippen molar-refractivity contribution < 1.29 is 0 Å². The van der Waals surface area contributed by atoms with Gasteiger partial charge in [0.25, 0.3) is 0 Å². The van der Waals surface area contributed by atoms with Gasteiger partial charge in [0.2, 0.25) is 0 Å². The SMILES string of the molecule is CC(C)C[S-].CC(C)C[S-].CC(C)C[S-].[In+3]. The molecular weight excluding hydrogens is 355 g/mol. The summed E-state index contributed by atoms with van der Waals surface area (Å²) in [5.74, 6) is 4.76. The first kappa shape index (κ1) is 26.5. The van der Waals surface area contributed by atoms with Gasteiger partial charge in [-0.2, -0.15) is 17.3 Å². The Labute approximate surface area is 139 Å². The molecule has 0 aliphatic heterocycles. The smallest absolute Gasteiger partial charge is 0.792 e. The molecule has 0 saturated carbocycles. The third-order valence-electron chi connectivity index (χ3n) is 1.00. The summed E-state index contributed by atoms with van der Waals surface area (Å²) < 4.78 is 0. The van der Waals surface area contributed by atoms with Crippen molar-refractivity contribution in [1.29, 1.82) is 0 Å². The van der Waals surface area contributed by atoms with E-state index in [4.69, 9.17) is 0 Å². The number of hydrogen-bond acceptors (Lipinski definition) is 3. The standard InChI is InChI=1S/3C4H10S.In/c3*1-4(2)3-5;/h3*4-5H,3H2,1-2H3;/q;;;+3/p-3. The van der Waals surface area contributed by atoms with Gasteiger partial charge in [0, 0.05) is 0 Å². The van der Waals surface area contributed by atoms with Crippen LogP contribution in [-0.2, 0) is 37.9 Å². The normalized spacial score (nSPS) is 9.00. The molecule has 0 aliphatic carbocycles. The summed E-state index contributed by atoms with van der Waals surface area (Å²) in [6.45, 7) is 12.7. The van der Waals surface area contributed by atoms with Crippen LogP contribution in [0.5, 0.6) is 0 Å². The number of hydrogen-bond donors (Lipinski definition) is 0. The van der Waals surface area contributed by atoms with E-state index in [1.807, 2.05) is 0 Å². The number of rotatable bonds is 3. The zero-order valence-electron chi connectivity index (χ0n) is 11.7. The molecule has 0 nitrogen and oxygen atoms in total. The molecule has 0 amide bonds. The third-order valence-corrected chi connectivity index (χ3v) is 3.00. The minimum absolute atomic E-state index is 0. The first-order chi connectivity index (χ1) is 6.81. The molecule has 0 aromatic rings. The molecule has 0 aliphatic rings. The first-order valence-electron chi connectivity index (χ1n) is 5.55. The van der Waals surface area contributed by atoms with Crippen molar-refractivity contribution in [3.8, 4) is 0 Å². The van der Waals surface area contributed by atoms with Crippen LogP contribution in [-0.4, -0.2) is 43.1 Å². The third kappa shape index (κ3) is 56.5. The maximum atomic E-state index is 4.68. The first-order valence-corrected chi connectivity index (χ1v) is 7.29. The minimum atomic E-state index is 0. The predicted octanol–water partition coefficient (Wildman–Crippen LogP) is 3.19. The zero-order chi connectivity index (χ0) is 12.9. The van der Waals surface area contributed by atoms with E-state index in [1.165, 1.54) is 0 Å². The fourth-order valence-electron chi connectivity index (χ4n) is 0. The molecule has 0 bridgehead atoms. The monoisotopic (exact) mass is 382 g/mol. The topological polar surface area (TPSA) is 0 Å². The van der Waals surface area contributed by atoms with Crippen LogP contribution in [0, 0.1) is 17.8 Å². The van der Waals surface area contributed by atoms with Crippen LogP contribution in [0.2, 0.25) is 0 Å². The predicted molar refractivity (Wildman–Crippen MR) is 87.0 cm³/mol. The van der Waals surface area contributed by atoms with Crippen LogP contribution in [0.4, 0.5) is 0 Å². The Morgan fingerprint density at radius 1 is 0.562 bits per heavy atom. The van der Waals surface area contributed by atoms with Gasteiger partial charge < -0.3 is 37.9 Å². The summed E-state index contributed by atoms with van der Waals surface area (Å²) in [4.78, 5) is 0. The van der Waals surface area contributed by atoms with Gasteiger partial charge in [0.1, 0.15) is 0 Å². The van der Waals surface area contributed by atoms with Gasteiger partial charge in [-0.3, -0.25) is 0 Å². The van der Waals surface area contributed by atoms with Crippen molar-refractivity contribution in [1.82, 2.24) is 0 Å². The second-order valence-electron chi connectivity index (χ2n) is 4.68. The molecule has 96 valence electrons. The van der Waals surface area contributed by atoms with Crippen molar-refractivity contribution in [3.05, 3.63) is 0 Å². The van der Waals surface area contributed by atoms with Gasteiger partial charge in [-0.15, -0.1) is 0 Å². The maximum absolute atomic E-state index is 4.68. The summed E-state index contributed by atoms with van der Waals surface area (Å²) in [6.07, 6.45) is 0. The van der Waals surface area contributed by atoms with E-state index in [0.717, 1.165) is 17.3 Å². The van der Waals surface area contributed by atoms with Crippen LogP contribution in [0.25, 0.3) is 0 Å². The van der Waals surface area contributed by atoms with Gasteiger partial charge in [0.05, 0.1) is 0 Å². The molecule has 0 radical (unpaired) electrons. The van der Waals surface area contributed by atoms with Crippen LogP contribution < -0.4 is 0 Å². The van der Waals surface area contributed by atoms with Crippen molar-refractivity contribution in [2.24, 2.45) is 17.8 Å². The molecular formula is C12H27InS3. The van der Waals surface area contributed by atoms with Gasteiger partial charge in [-0.25, -0.2) is 0 Å². The van der Waals surface area contributed by atoms with E-state index in [2.05, 4.69) is 79.4 Å². The van der Waals surface area contributed by atoms with Gasteiger partial charge in [-0.1, -0.05) is 59.3 Å². The quantitative estimate of drug-likeness (QED) is 0.689. The molecule has 0 atom stereocenters.